The van der Waals surface area contributed by atoms with E-state index in [4.69, 9.17) is 31.5 Å². The van der Waals surface area contributed by atoms with Crippen molar-refractivity contribution < 1.29 is 14.2 Å². The van der Waals surface area contributed by atoms with E-state index < -0.39 is 0 Å². The molecule has 0 aliphatic carbocycles. The lowest BCUT2D eigenvalue weighted by molar-refractivity contribution is -0.155. The van der Waals surface area contributed by atoms with Gasteiger partial charge >= 0.3 is 0 Å². The third-order valence-corrected chi connectivity index (χ3v) is 4.70. The first-order chi connectivity index (χ1) is 10.2. The molecule has 2 aliphatic heterocycles. The van der Waals surface area contributed by atoms with Gasteiger partial charge in [0.15, 0.2) is 0 Å². The van der Waals surface area contributed by atoms with Crippen LogP contribution in [0.15, 0.2) is 18.2 Å². The summed E-state index contributed by atoms with van der Waals surface area (Å²) in [6.07, 6.45) is 3.80. The van der Waals surface area contributed by atoms with Crippen molar-refractivity contribution in [2.45, 2.75) is 43.9 Å². The first-order valence-corrected chi connectivity index (χ1v) is 7.96. The fourth-order valence-electron chi connectivity index (χ4n) is 3.19. The van der Waals surface area contributed by atoms with Crippen LogP contribution in [0.4, 0.5) is 0 Å². The molecular formula is C16H22ClNO3. The minimum atomic E-state index is -0.0781. The Hall–Kier alpha value is -0.810. The van der Waals surface area contributed by atoms with Crippen LogP contribution >= 0.6 is 11.6 Å². The zero-order chi connectivity index (χ0) is 14.7. The number of para-hydroxylation sites is 1. The van der Waals surface area contributed by atoms with Gasteiger partial charge in [-0.05, 0) is 18.9 Å². The zero-order valence-electron chi connectivity index (χ0n) is 12.1. The Labute approximate surface area is 130 Å². The molecule has 116 valence electrons. The summed E-state index contributed by atoms with van der Waals surface area (Å²) >= 11 is 6.27. The molecule has 2 heterocycles. The Kier molecular flexibility index (Phi) is 4.69. The van der Waals surface area contributed by atoms with Crippen molar-refractivity contribution in [2.75, 3.05) is 19.8 Å². The topological polar surface area (TPSA) is 53.7 Å². The number of rotatable bonds is 3. The number of benzene rings is 1. The van der Waals surface area contributed by atoms with E-state index in [0.29, 0.717) is 11.6 Å². The minimum absolute atomic E-state index is 0.0781. The summed E-state index contributed by atoms with van der Waals surface area (Å²) in [7, 11) is 0. The number of ether oxygens (including phenoxy) is 3. The maximum absolute atomic E-state index is 6.27. The number of hydrogen-bond acceptors (Lipinski definition) is 4. The largest absolute Gasteiger partial charge is 0.488 e. The van der Waals surface area contributed by atoms with Gasteiger partial charge in [0.25, 0.3) is 0 Å². The Morgan fingerprint density at radius 2 is 2.10 bits per heavy atom. The molecule has 1 atom stereocenters. The summed E-state index contributed by atoms with van der Waals surface area (Å²) in [6.45, 7) is 2.70. The van der Waals surface area contributed by atoms with E-state index in [1.807, 2.05) is 18.2 Å². The normalized spacial score (nSPS) is 25.0. The van der Waals surface area contributed by atoms with E-state index in [-0.39, 0.29) is 11.7 Å². The Morgan fingerprint density at radius 3 is 2.86 bits per heavy atom. The van der Waals surface area contributed by atoms with Crippen LogP contribution < -0.4 is 10.5 Å². The lowest BCUT2D eigenvalue weighted by atomic mass is 9.85. The second-order valence-electron chi connectivity index (χ2n) is 5.81. The van der Waals surface area contributed by atoms with Crippen LogP contribution in [0, 0.1) is 0 Å². The highest BCUT2D eigenvalue weighted by Crippen LogP contribution is 2.37. The summed E-state index contributed by atoms with van der Waals surface area (Å²) in [5, 5.41) is 0.630. The van der Waals surface area contributed by atoms with Crippen LogP contribution in [0.5, 0.6) is 5.75 Å². The Balaban J connectivity index is 1.73. The fraction of sp³-hybridized carbons (Fsp3) is 0.625. The van der Waals surface area contributed by atoms with Gasteiger partial charge in [0.05, 0.1) is 17.2 Å². The minimum Gasteiger partial charge on any atom is -0.488 e. The lowest BCUT2D eigenvalue weighted by Gasteiger charge is -2.43. The third kappa shape index (κ3) is 3.34. The molecule has 0 bridgehead atoms. The van der Waals surface area contributed by atoms with Crippen LogP contribution in [-0.4, -0.2) is 31.5 Å². The second kappa shape index (κ2) is 6.53. The van der Waals surface area contributed by atoms with Gasteiger partial charge in [-0.3, -0.25) is 0 Å². The van der Waals surface area contributed by atoms with Gasteiger partial charge < -0.3 is 19.9 Å². The zero-order valence-corrected chi connectivity index (χ0v) is 12.9. The average Bonchev–Trinajstić information content (AvgIpc) is 2.50. The second-order valence-corrected chi connectivity index (χ2v) is 6.22. The molecule has 1 spiro atoms. The predicted molar refractivity (Wildman–Crippen MR) is 81.7 cm³/mol. The molecule has 0 radical (unpaired) electrons. The van der Waals surface area contributed by atoms with Crippen molar-refractivity contribution in [1.82, 2.24) is 0 Å². The maximum atomic E-state index is 6.27. The molecule has 2 fully saturated rings. The average molecular weight is 312 g/mol. The molecule has 2 aliphatic rings. The van der Waals surface area contributed by atoms with Gasteiger partial charge in [-0.2, -0.15) is 0 Å². The molecule has 5 heteroatoms. The standard InChI is InChI=1S/C16H22ClNO3/c17-14-3-1-2-12(11-18)15(14)21-13-4-7-20-16(10-13)5-8-19-9-6-16/h1-3,13H,4-11,18H2. The molecule has 0 amide bonds. The Bertz CT molecular complexity index is 483. The van der Waals surface area contributed by atoms with Crippen LogP contribution in [0.25, 0.3) is 0 Å². The number of hydrogen-bond donors (Lipinski definition) is 1. The summed E-state index contributed by atoms with van der Waals surface area (Å²) in [4.78, 5) is 0. The first-order valence-electron chi connectivity index (χ1n) is 7.58. The van der Waals surface area contributed by atoms with Crippen molar-refractivity contribution in [1.29, 1.82) is 0 Å². The number of halogens is 1. The predicted octanol–water partition coefficient (Wildman–Crippen LogP) is 2.91. The van der Waals surface area contributed by atoms with Crippen molar-refractivity contribution in [3.8, 4) is 5.75 Å². The molecule has 2 N–H and O–H groups in total. The molecule has 1 aromatic carbocycles. The van der Waals surface area contributed by atoms with Crippen LogP contribution in [0.1, 0.15) is 31.2 Å². The van der Waals surface area contributed by atoms with Gasteiger partial charge in [0.1, 0.15) is 11.9 Å². The van der Waals surface area contributed by atoms with Crippen LogP contribution in [0.3, 0.4) is 0 Å². The van der Waals surface area contributed by atoms with Gasteiger partial charge in [-0.1, -0.05) is 23.7 Å². The third-order valence-electron chi connectivity index (χ3n) is 4.40. The lowest BCUT2D eigenvalue weighted by Crippen LogP contribution is -2.47. The first kappa shape index (κ1) is 15.1. The molecular weight excluding hydrogens is 290 g/mol. The van der Waals surface area contributed by atoms with Gasteiger partial charge in [-0.15, -0.1) is 0 Å². The quantitative estimate of drug-likeness (QED) is 0.932. The van der Waals surface area contributed by atoms with Gasteiger partial charge in [0.2, 0.25) is 0 Å². The summed E-state index contributed by atoms with van der Waals surface area (Å²) < 4.78 is 17.7. The molecule has 1 unspecified atom stereocenters. The van der Waals surface area contributed by atoms with Crippen molar-refractivity contribution in [2.24, 2.45) is 5.73 Å². The van der Waals surface area contributed by atoms with E-state index in [2.05, 4.69) is 0 Å². The van der Waals surface area contributed by atoms with Crippen molar-refractivity contribution >= 4 is 11.6 Å². The fourth-order valence-corrected chi connectivity index (χ4v) is 3.43. The van der Waals surface area contributed by atoms with E-state index in [9.17, 15) is 0 Å². The molecule has 0 saturated carbocycles. The summed E-state index contributed by atoms with van der Waals surface area (Å²) in [5.74, 6) is 0.732. The van der Waals surface area contributed by atoms with E-state index in [1.165, 1.54) is 0 Å². The van der Waals surface area contributed by atoms with Crippen molar-refractivity contribution in [3.63, 3.8) is 0 Å². The van der Waals surface area contributed by atoms with Gasteiger partial charge in [0, 0.05) is 38.2 Å². The van der Waals surface area contributed by atoms with E-state index in [0.717, 1.165) is 56.8 Å². The highest BCUT2D eigenvalue weighted by molar-refractivity contribution is 6.32. The summed E-state index contributed by atoms with van der Waals surface area (Å²) in [5.41, 5.74) is 6.66. The van der Waals surface area contributed by atoms with Crippen LogP contribution in [0.2, 0.25) is 5.02 Å². The molecule has 4 nitrogen and oxygen atoms in total. The summed E-state index contributed by atoms with van der Waals surface area (Å²) in [6, 6.07) is 5.71. The molecule has 0 aromatic heterocycles. The van der Waals surface area contributed by atoms with Crippen molar-refractivity contribution in [3.05, 3.63) is 28.8 Å². The van der Waals surface area contributed by atoms with Gasteiger partial charge in [-0.25, -0.2) is 0 Å². The molecule has 1 aromatic rings. The van der Waals surface area contributed by atoms with Crippen LogP contribution in [-0.2, 0) is 16.0 Å². The monoisotopic (exact) mass is 311 g/mol. The maximum Gasteiger partial charge on any atom is 0.142 e. The van der Waals surface area contributed by atoms with E-state index in [1.54, 1.807) is 0 Å². The SMILES string of the molecule is NCc1cccc(Cl)c1OC1CCOC2(CCOCC2)C1. The molecule has 21 heavy (non-hydrogen) atoms. The molecule has 2 saturated heterocycles. The highest BCUT2D eigenvalue weighted by atomic mass is 35.5. The number of nitrogens with two attached hydrogens (primary N) is 1. The molecule has 3 rings (SSSR count). The smallest absolute Gasteiger partial charge is 0.142 e. The van der Waals surface area contributed by atoms with E-state index >= 15 is 0 Å². The highest BCUT2D eigenvalue weighted by Gasteiger charge is 2.40. The Morgan fingerprint density at radius 1 is 1.29 bits per heavy atom.